The van der Waals surface area contributed by atoms with E-state index >= 15 is 0 Å². The van der Waals surface area contributed by atoms with Crippen LogP contribution in [-0.4, -0.2) is 32.9 Å². The molecule has 0 aliphatic carbocycles. The van der Waals surface area contributed by atoms with Crippen molar-refractivity contribution in [3.05, 3.63) is 28.5 Å². The van der Waals surface area contributed by atoms with Gasteiger partial charge in [0.2, 0.25) is 0 Å². The molecule has 5 heteroatoms. The Bertz CT molecular complexity index is 363. The van der Waals surface area contributed by atoms with Crippen LogP contribution in [0.2, 0.25) is 0 Å². The summed E-state index contributed by atoms with van der Waals surface area (Å²) in [4.78, 5) is 0. The molecule has 3 nitrogen and oxygen atoms in total. The summed E-state index contributed by atoms with van der Waals surface area (Å²) in [5.74, 6) is 0.379. The molecule has 0 spiro atoms. The van der Waals surface area contributed by atoms with Crippen molar-refractivity contribution in [1.82, 2.24) is 5.32 Å². The topological polar surface area (TPSA) is 30.5 Å². The number of unbranched alkanes of at least 4 members (excludes halogenated alkanes) is 1. The van der Waals surface area contributed by atoms with Gasteiger partial charge in [-0.05, 0) is 40.5 Å². The number of rotatable bonds is 10. The fourth-order valence-corrected chi connectivity index (χ4v) is 1.78. The highest BCUT2D eigenvalue weighted by molar-refractivity contribution is 9.10. The lowest BCUT2D eigenvalue weighted by molar-refractivity contribution is 0.132. The van der Waals surface area contributed by atoms with Gasteiger partial charge in [0.25, 0.3) is 0 Å². The van der Waals surface area contributed by atoms with Crippen molar-refractivity contribution in [1.29, 1.82) is 0 Å². The van der Waals surface area contributed by atoms with Gasteiger partial charge in [0.1, 0.15) is 18.2 Å². The van der Waals surface area contributed by atoms with Crippen LogP contribution in [0.1, 0.15) is 19.8 Å². The summed E-state index contributed by atoms with van der Waals surface area (Å²) in [6.45, 7) is 5.81. The van der Waals surface area contributed by atoms with Crippen molar-refractivity contribution >= 4 is 15.9 Å². The van der Waals surface area contributed by atoms with Gasteiger partial charge < -0.3 is 14.8 Å². The van der Waals surface area contributed by atoms with Crippen LogP contribution in [0, 0.1) is 5.82 Å². The van der Waals surface area contributed by atoms with Gasteiger partial charge in [0.05, 0.1) is 11.1 Å². The molecular formula is C14H21BrFNO2. The number of halogens is 2. The molecule has 0 saturated carbocycles. The van der Waals surface area contributed by atoms with Crippen LogP contribution >= 0.6 is 15.9 Å². The van der Waals surface area contributed by atoms with Crippen LogP contribution < -0.4 is 10.1 Å². The molecule has 1 aromatic carbocycles. The Morgan fingerprint density at radius 3 is 2.74 bits per heavy atom. The van der Waals surface area contributed by atoms with Gasteiger partial charge in [-0.1, -0.05) is 13.3 Å². The lowest BCUT2D eigenvalue weighted by Crippen LogP contribution is -2.25. The van der Waals surface area contributed by atoms with E-state index in [1.54, 1.807) is 12.1 Å². The Labute approximate surface area is 122 Å². The second kappa shape index (κ2) is 10.2. The number of nitrogens with one attached hydrogen (secondary N) is 1. The average molecular weight is 334 g/mol. The van der Waals surface area contributed by atoms with Crippen molar-refractivity contribution in [3.63, 3.8) is 0 Å². The van der Waals surface area contributed by atoms with Crippen LogP contribution in [0.3, 0.4) is 0 Å². The maximum absolute atomic E-state index is 13.0. The molecule has 0 aliphatic heterocycles. The van der Waals surface area contributed by atoms with Crippen LogP contribution in [0.5, 0.6) is 5.75 Å². The molecule has 108 valence electrons. The molecule has 1 N–H and O–H groups in total. The third kappa shape index (κ3) is 7.50. The summed E-state index contributed by atoms with van der Waals surface area (Å²) in [7, 11) is 0. The van der Waals surface area contributed by atoms with E-state index in [2.05, 4.69) is 28.2 Å². The normalized spacial score (nSPS) is 10.7. The zero-order valence-corrected chi connectivity index (χ0v) is 12.8. The molecule has 19 heavy (non-hydrogen) atoms. The van der Waals surface area contributed by atoms with Gasteiger partial charge in [0.15, 0.2) is 0 Å². The van der Waals surface area contributed by atoms with Gasteiger partial charge in [0, 0.05) is 19.7 Å². The summed E-state index contributed by atoms with van der Waals surface area (Å²) in [6.07, 6.45) is 2.27. The second-order valence-electron chi connectivity index (χ2n) is 4.14. The zero-order valence-electron chi connectivity index (χ0n) is 11.3. The highest BCUT2D eigenvalue weighted by atomic mass is 79.9. The van der Waals surface area contributed by atoms with Crippen molar-refractivity contribution in [2.45, 2.75) is 19.8 Å². The Morgan fingerprint density at radius 2 is 2.00 bits per heavy atom. The number of hydrogen-bond acceptors (Lipinski definition) is 3. The molecule has 0 amide bonds. The lowest BCUT2D eigenvalue weighted by Gasteiger charge is -2.08. The van der Waals surface area contributed by atoms with E-state index in [1.165, 1.54) is 6.07 Å². The smallest absolute Gasteiger partial charge is 0.137 e. The second-order valence-corrected chi connectivity index (χ2v) is 4.99. The summed E-state index contributed by atoms with van der Waals surface area (Å²) in [6, 6.07) is 4.63. The molecule has 0 aromatic heterocycles. The third-order valence-corrected chi connectivity index (χ3v) is 3.11. The third-order valence-electron chi connectivity index (χ3n) is 2.50. The average Bonchev–Trinajstić information content (AvgIpc) is 2.41. The first-order valence-electron chi connectivity index (χ1n) is 6.60. The van der Waals surface area contributed by atoms with Gasteiger partial charge in [-0.3, -0.25) is 0 Å². The minimum Gasteiger partial charge on any atom is -0.492 e. The van der Waals surface area contributed by atoms with Crippen LogP contribution in [-0.2, 0) is 4.74 Å². The lowest BCUT2D eigenvalue weighted by atomic mass is 10.3. The van der Waals surface area contributed by atoms with Gasteiger partial charge >= 0.3 is 0 Å². The highest BCUT2D eigenvalue weighted by Gasteiger charge is 2.00. The number of benzene rings is 1. The largest absolute Gasteiger partial charge is 0.492 e. The van der Waals surface area contributed by atoms with E-state index < -0.39 is 0 Å². The van der Waals surface area contributed by atoms with Gasteiger partial charge in [-0.2, -0.15) is 0 Å². The number of hydrogen-bond donors (Lipinski definition) is 1. The highest BCUT2D eigenvalue weighted by Crippen LogP contribution is 2.21. The molecule has 0 fully saturated rings. The molecule has 0 aliphatic rings. The van der Waals surface area contributed by atoms with E-state index in [0.717, 1.165) is 39.1 Å². The van der Waals surface area contributed by atoms with Crippen LogP contribution in [0.4, 0.5) is 4.39 Å². The molecule has 0 unspecified atom stereocenters. The summed E-state index contributed by atoms with van der Waals surface area (Å²) < 4.78 is 24.3. The first kappa shape index (κ1) is 16.4. The summed E-state index contributed by atoms with van der Waals surface area (Å²) in [5, 5.41) is 3.22. The standard InChI is InChI=1S/C14H21BrFNO2/c1-2-3-8-18-9-6-17-7-10-19-12-4-5-14(16)13(15)11-12/h4-5,11,17H,2-3,6-10H2,1H3. The Morgan fingerprint density at radius 1 is 1.21 bits per heavy atom. The van der Waals surface area contributed by atoms with E-state index in [1.807, 2.05) is 0 Å². The Kier molecular flexibility index (Phi) is 8.79. The predicted molar refractivity (Wildman–Crippen MR) is 78.2 cm³/mol. The van der Waals surface area contributed by atoms with Crippen molar-refractivity contribution in [3.8, 4) is 5.75 Å². The summed E-state index contributed by atoms with van der Waals surface area (Å²) in [5.41, 5.74) is 0. The van der Waals surface area contributed by atoms with E-state index in [-0.39, 0.29) is 5.82 Å². The monoisotopic (exact) mass is 333 g/mol. The van der Waals surface area contributed by atoms with E-state index in [9.17, 15) is 4.39 Å². The van der Waals surface area contributed by atoms with E-state index in [4.69, 9.17) is 9.47 Å². The van der Waals surface area contributed by atoms with E-state index in [0.29, 0.717) is 16.8 Å². The first-order valence-corrected chi connectivity index (χ1v) is 7.39. The van der Waals surface area contributed by atoms with Crippen LogP contribution in [0.25, 0.3) is 0 Å². The maximum Gasteiger partial charge on any atom is 0.137 e. The molecule has 0 heterocycles. The molecule has 1 rings (SSSR count). The first-order chi connectivity index (χ1) is 9.24. The minimum atomic E-state index is -0.283. The predicted octanol–water partition coefficient (Wildman–Crippen LogP) is 3.37. The molecule has 0 saturated heterocycles. The van der Waals surface area contributed by atoms with Gasteiger partial charge in [-0.25, -0.2) is 4.39 Å². The fourth-order valence-electron chi connectivity index (χ4n) is 1.43. The van der Waals surface area contributed by atoms with Crippen molar-refractivity contribution in [2.24, 2.45) is 0 Å². The summed E-state index contributed by atoms with van der Waals surface area (Å²) >= 11 is 3.12. The maximum atomic E-state index is 13.0. The fraction of sp³-hybridized carbons (Fsp3) is 0.571. The van der Waals surface area contributed by atoms with Crippen molar-refractivity contribution < 1.29 is 13.9 Å². The molecule has 0 radical (unpaired) electrons. The molecule has 0 bridgehead atoms. The van der Waals surface area contributed by atoms with Gasteiger partial charge in [-0.15, -0.1) is 0 Å². The van der Waals surface area contributed by atoms with Crippen LogP contribution in [0.15, 0.2) is 22.7 Å². The number of ether oxygens (including phenoxy) is 2. The molecule has 1 aromatic rings. The SMILES string of the molecule is CCCCOCCNCCOc1ccc(F)c(Br)c1. The quantitative estimate of drug-likeness (QED) is 0.666. The Balaban J connectivity index is 2.00. The van der Waals surface area contributed by atoms with Crippen molar-refractivity contribution in [2.75, 3.05) is 32.9 Å². The minimum absolute atomic E-state index is 0.283. The molecule has 0 atom stereocenters. The zero-order chi connectivity index (χ0) is 13.9. The Hall–Kier alpha value is -0.650. The molecular weight excluding hydrogens is 313 g/mol.